The summed E-state index contributed by atoms with van der Waals surface area (Å²) in [6.45, 7) is 2.26. The van der Waals surface area contributed by atoms with E-state index in [4.69, 9.17) is 9.72 Å². The monoisotopic (exact) mass is 245 g/mol. The predicted molar refractivity (Wildman–Crippen MR) is 71.9 cm³/mol. The van der Waals surface area contributed by atoms with Crippen LogP contribution < -0.4 is 10.1 Å². The van der Waals surface area contributed by atoms with Crippen molar-refractivity contribution in [3.8, 4) is 5.75 Å². The zero-order valence-electron chi connectivity index (χ0n) is 10.9. The van der Waals surface area contributed by atoms with Crippen LogP contribution >= 0.6 is 0 Å². The number of rotatable bonds is 3. The first-order chi connectivity index (χ1) is 8.78. The van der Waals surface area contributed by atoms with Crippen LogP contribution in [0.15, 0.2) is 18.2 Å². The van der Waals surface area contributed by atoms with Crippen molar-refractivity contribution in [2.45, 2.75) is 12.8 Å². The first-order valence-corrected chi connectivity index (χ1v) is 6.48. The fraction of sp³-hybridized carbons (Fsp3) is 0.500. The molecule has 18 heavy (non-hydrogen) atoms. The van der Waals surface area contributed by atoms with Gasteiger partial charge in [-0.15, -0.1) is 0 Å². The topological polar surface area (TPSA) is 39.1 Å². The van der Waals surface area contributed by atoms with E-state index in [0.29, 0.717) is 0 Å². The highest BCUT2D eigenvalue weighted by atomic mass is 16.5. The molecule has 0 radical (unpaired) electrons. The molecule has 0 saturated carbocycles. The van der Waals surface area contributed by atoms with Crippen LogP contribution in [0.1, 0.15) is 12.2 Å². The molecule has 3 rings (SSSR count). The number of methoxy groups -OCH3 is 1. The van der Waals surface area contributed by atoms with Crippen LogP contribution in [0.4, 0.5) is 0 Å². The molecule has 0 amide bonds. The van der Waals surface area contributed by atoms with Crippen LogP contribution in [-0.2, 0) is 13.5 Å². The van der Waals surface area contributed by atoms with Gasteiger partial charge in [0.05, 0.1) is 18.1 Å². The molecule has 96 valence electrons. The van der Waals surface area contributed by atoms with Gasteiger partial charge in [0, 0.05) is 19.5 Å². The molecular formula is C14H19N3O. The average Bonchev–Trinajstić information content (AvgIpc) is 2.99. The van der Waals surface area contributed by atoms with Gasteiger partial charge in [0.2, 0.25) is 0 Å². The largest absolute Gasteiger partial charge is 0.497 e. The van der Waals surface area contributed by atoms with E-state index in [2.05, 4.69) is 23.0 Å². The smallest absolute Gasteiger partial charge is 0.121 e. The molecule has 1 aromatic carbocycles. The van der Waals surface area contributed by atoms with Crippen molar-refractivity contribution in [3.05, 3.63) is 24.0 Å². The van der Waals surface area contributed by atoms with Crippen LogP contribution in [0, 0.1) is 5.92 Å². The second-order valence-electron chi connectivity index (χ2n) is 5.00. The third kappa shape index (κ3) is 1.97. The molecule has 0 spiro atoms. The number of benzene rings is 1. The zero-order valence-corrected chi connectivity index (χ0v) is 10.9. The summed E-state index contributed by atoms with van der Waals surface area (Å²) in [4.78, 5) is 4.73. The van der Waals surface area contributed by atoms with Gasteiger partial charge in [-0.3, -0.25) is 0 Å². The molecule has 2 aromatic rings. The number of imidazole rings is 1. The summed E-state index contributed by atoms with van der Waals surface area (Å²) < 4.78 is 7.46. The van der Waals surface area contributed by atoms with E-state index in [9.17, 15) is 0 Å². The van der Waals surface area contributed by atoms with Crippen LogP contribution in [0.3, 0.4) is 0 Å². The van der Waals surface area contributed by atoms with Crippen LogP contribution in [0.25, 0.3) is 11.0 Å². The number of hydrogen-bond acceptors (Lipinski definition) is 3. The Morgan fingerprint density at radius 1 is 1.50 bits per heavy atom. The standard InChI is InChI=1S/C14H19N3O/c1-17-13-8-11(18-2)3-4-12(13)16-14(17)7-10-5-6-15-9-10/h3-4,8,10,15H,5-7,9H2,1-2H3. The first kappa shape index (κ1) is 11.5. The van der Waals surface area contributed by atoms with E-state index in [0.717, 1.165) is 42.2 Å². The summed E-state index contributed by atoms with van der Waals surface area (Å²) in [5, 5.41) is 3.41. The Kier molecular flexibility index (Phi) is 2.96. The quantitative estimate of drug-likeness (QED) is 0.895. The molecule has 1 aliphatic rings. The maximum atomic E-state index is 5.27. The summed E-state index contributed by atoms with van der Waals surface area (Å²) in [6, 6.07) is 6.06. The van der Waals surface area contributed by atoms with Crippen LogP contribution in [-0.4, -0.2) is 29.8 Å². The highest BCUT2D eigenvalue weighted by Crippen LogP contribution is 2.23. The molecule has 4 heteroatoms. The number of ether oxygens (including phenoxy) is 1. The molecule has 4 nitrogen and oxygen atoms in total. The molecule has 1 N–H and O–H groups in total. The van der Waals surface area contributed by atoms with Crippen molar-refractivity contribution >= 4 is 11.0 Å². The van der Waals surface area contributed by atoms with Gasteiger partial charge in [-0.2, -0.15) is 0 Å². The fourth-order valence-electron chi connectivity index (χ4n) is 2.68. The molecule has 0 aliphatic carbocycles. The van der Waals surface area contributed by atoms with Gasteiger partial charge in [0.1, 0.15) is 11.6 Å². The Balaban J connectivity index is 1.94. The third-order valence-electron chi connectivity index (χ3n) is 3.81. The summed E-state index contributed by atoms with van der Waals surface area (Å²) in [7, 11) is 3.79. The van der Waals surface area contributed by atoms with Crippen molar-refractivity contribution in [1.29, 1.82) is 0 Å². The zero-order chi connectivity index (χ0) is 12.5. The SMILES string of the molecule is COc1ccc2nc(CC3CCNC3)n(C)c2c1. The molecule has 1 fully saturated rings. The normalized spacial score (nSPS) is 19.6. The highest BCUT2D eigenvalue weighted by Gasteiger charge is 2.18. The molecule has 0 bridgehead atoms. The maximum Gasteiger partial charge on any atom is 0.121 e. The van der Waals surface area contributed by atoms with Crippen LogP contribution in [0.5, 0.6) is 5.75 Å². The minimum Gasteiger partial charge on any atom is -0.497 e. The van der Waals surface area contributed by atoms with E-state index in [1.54, 1.807) is 7.11 Å². The van der Waals surface area contributed by atoms with E-state index in [1.807, 2.05) is 12.1 Å². The molecule has 2 heterocycles. The third-order valence-corrected chi connectivity index (χ3v) is 3.81. The van der Waals surface area contributed by atoms with Gasteiger partial charge in [-0.05, 0) is 37.6 Å². The maximum absolute atomic E-state index is 5.27. The number of aromatic nitrogens is 2. The Labute approximate surface area is 107 Å². The Morgan fingerprint density at radius 3 is 3.11 bits per heavy atom. The molecule has 1 atom stereocenters. The van der Waals surface area contributed by atoms with Gasteiger partial charge in [0.15, 0.2) is 0 Å². The lowest BCUT2D eigenvalue weighted by Crippen LogP contribution is -2.12. The predicted octanol–water partition coefficient (Wildman–Crippen LogP) is 1.73. The van der Waals surface area contributed by atoms with Gasteiger partial charge in [-0.25, -0.2) is 4.98 Å². The second-order valence-corrected chi connectivity index (χ2v) is 5.00. The van der Waals surface area contributed by atoms with E-state index < -0.39 is 0 Å². The van der Waals surface area contributed by atoms with E-state index >= 15 is 0 Å². The van der Waals surface area contributed by atoms with Crippen molar-refractivity contribution in [3.63, 3.8) is 0 Å². The minimum atomic E-state index is 0.724. The highest BCUT2D eigenvalue weighted by molar-refractivity contribution is 5.77. The van der Waals surface area contributed by atoms with Crippen molar-refractivity contribution in [1.82, 2.24) is 14.9 Å². The molecule has 1 aliphatic heterocycles. The number of hydrogen-bond donors (Lipinski definition) is 1. The van der Waals surface area contributed by atoms with Crippen molar-refractivity contribution < 1.29 is 4.74 Å². The fourth-order valence-corrected chi connectivity index (χ4v) is 2.68. The van der Waals surface area contributed by atoms with Crippen LogP contribution in [0.2, 0.25) is 0 Å². The average molecular weight is 245 g/mol. The van der Waals surface area contributed by atoms with Gasteiger partial charge in [0.25, 0.3) is 0 Å². The Hall–Kier alpha value is -1.55. The number of nitrogens with zero attached hydrogens (tertiary/aromatic N) is 2. The van der Waals surface area contributed by atoms with Gasteiger partial charge in [-0.1, -0.05) is 0 Å². The summed E-state index contributed by atoms with van der Waals surface area (Å²) in [5.41, 5.74) is 2.20. The second kappa shape index (κ2) is 4.61. The van der Waals surface area contributed by atoms with E-state index in [-0.39, 0.29) is 0 Å². The lowest BCUT2D eigenvalue weighted by molar-refractivity contribution is 0.415. The summed E-state index contributed by atoms with van der Waals surface area (Å²) in [5.74, 6) is 2.79. The number of nitrogens with one attached hydrogen (secondary N) is 1. The lowest BCUT2D eigenvalue weighted by atomic mass is 10.0. The lowest BCUT2D eigenvalue weighted by Gasteiger charge is -2.07. The van der Waals surface area contributed by atoms with E-state index in [1.165, 1.54) is 12.2 Å². The van der Waals surface area contributed by atoms with Crippen molar-refractivity contribution in [2.75, 3.05) is 20.2 Å². The van der Waals surface area contributed by atoms with Gasteiger partial charge < -0.3 is 14.6 Å². The minimum absolute atomic E-state index is 0.724. The molecule has 1 unspecified atom stereocenters. The molecule has 1 aromatic heterocycles. The Bertz CT molecular complexity index is 555. The molecular weight excluding hydrogens is 226 g/mol. The Morgan fingerprint density at radius 2 is 2.39 bits per heavy atom. The molecule has 1 saturated heterocycles. The first-order valence-electron chi connectivity index (χ1n) is 6.48. The van der Waals surface area contributed by atoms with Crippen molar-refractivity contribution in [2.24, 2.45) is 13.0 Å². The summed E-state index contributed by atoms with van der Waals surface area (Å²) >= 11 is 0. The number of fused-ring (bicyclic) bond motifs is 1. The summed E-state index contributed by atoms with van der Waals surface area (Å²) in [6.07, 6.45) is 2.31. The van der Waals surface area contributed by atoms with Gasteiger partial charge >= 0.3 is 0 Å². The number of aryl methyl sites for hydroxylation is 1.